The highest BCUT2D eigenvalue weighted by atomic mass is 35.5. The number of halogens is 1. The van der Waals surface area contributed by atoms with E-state index >= 15 is 0 Å². The SMILES string of the molecule is CCCN1c2cc(Cl)c(C=Nc3cc(C)ccc3C)cc2C(C)CC1(C)C. The van der Waals surface area contributed by atoms with Crippen LogP contribution in [0, 0.1) is 13.8 Å². The Morgan fingerprint density at radius 3 is 2.67 bits per heavy atom. The highest BCUT2D eigenvalue weighted by Gasteiger charge is 2.36. The lowest BCUT2D eigenvalue weighted by molar-refractivity contribution is 0.376. The molecule has 144 valence electrons. The fourth-order valence-corrected chi connectivity index (χ4v) is 4.47. The molecule has 1 aliphatic heterocycles. The van der Waals surface area contributed by atoms with Crippen LogP contribution < -0.4 is 4.90 Å². The molecule has 0 saturated heterocycles. The number of anilines is 1. The predicted molar refractivity (Wildman–Crippen MR) is 119 cm³/mol. The molecular weight excluding hydrogens is 352 g/mol. The van der Waals surface area contributed by atoms with Crippen molar-refractivity contribution in [2.45, 2.75) is 65.8 Å². The molecule has 0 radical (unpaired) electrons. The lowest BCUT2D eigenvalue weighted by Crippen LogP contribution is -2.48. The molecular formula is C24H31ClN2. The molecule has 0 aromatic heterocycles. The van der Waals surface area contributed by atoms with Crippen LogP contribution in [0.4, 0.5) is 11.4 Å². The van der Waals surface area contributed by atoms with Crippen LogP contribution in [0.1, 0.15) is 68.7 Å². The first-order chi connectivity index (χ1) is 12.7. The van der Waals surface area contributed by atoms with Crippen LogP contribution in [0.5, 0.6) is 0 Å². The number of benzene rings is 2. The van der Waals surface area contributed by atoms with Crippen molar-refractivity contribution < 1.29 is 0 Å². The maximum absolute atomic E-state index is 6.69. The molecule has 1 aliphatic rings. The molecule has 3 rings (SSSR count). The summed E-state index contributed by atoms with van der Waals surface area (Å²) in [5, 5.41) is 0.772. The second-order valence-corrected chi connectivity index (χ2v) is 8.96. The van der Waals surface area contributed by atoms with Crippen LogP contribution in [0.15, 0.2) is 35.3 Å². The second kappa shape index (κ2) is 7.67. The van der Waals surface area contributed by atoms with Gasteiger partial charge >= 0.3 is 0 Å². The van der Waals surface area contributed by atoms with E-state index < -0.39 is 0 Å². The monoisotopic (exact) mass is 382 g/mol. The van der Waals surface area contributed by atoms with Crippen molar-refractivity contribution in [3.8, 4) is 0 Å². The Balaban J connectivity index is 2.02. The van der Waals surface area contributed by atoms with Gasteiger partial charge in [0.15, 0.2) is 0 Å². The Bertz CT molecular complexity index is 867. The molecule has 0 spiro atoms. The molecule has 0 N–H and O–H groups in total. The fraction of sp³-hybridized carbons (Fsp3) is 0.458. The van der Waals surface area contributed by atoms with E-state index in [1.54, 1.807) is 0 Å². The van der Waals surface area contributed by atoms with Gasteiger partial charge < -0.3 is 4.90 Å². The summed E-state index contributed by atoms with van der Waals surface area (Å²) in [5.41, 5.74) is 7.22. The largest absolute Gasteiger partial charge is 0.366 e. The number of aryl methyl sites for hydroxylation is 2. The first kappa shape index (κ1) is 19.9. The quantitative estimate of drug-likeness (QED) is 0.510. The third-order valence-corrected chi connectivity index (χ3v) is 5.99. The minimum atomic E-state index is 0.153. The van der Waals surface area contributed by atoms with E-state index in [0.29, 0.717) is 5.92 Å². The fourth-order valence-electron chi connectivity index (χ4n) is 4.26. The van der Waals surface area contributed by atoms with E-state index in [1.807, 2.05) is 6.21 Å². The molecule has 1 unspecified atom stereocenters. The van der Waals surface area contributed by atoms with E-state index in [1.165, 1.54) is 22.4 Å². The molecule has 2 aromatic carbocycles. The van der Waals surface area contributed by atoms with E-state index in [4.69, 9.17) is 16.6 Å². The summed E-state index contributed by atoms with van der Waals surface area (Å²) in [6, 6.07) is 10.7. The van der Waals surface area contributed by atoms with Crippen molar-refractivity contribution in [3.63, 3.8) is 0 Å². The van der Waals surface area contributed by atoms with Crippen molar-refractivity contribution in [3.05, 3.63) is 57.6 Å². The van der Waals surface area contributed by atoms with Crippen molar-refractivity contribution >= 4 is 29.2 Å². The van der Waals surface area contributed by atoms with Gasteiger partial charge in [-0.25, -0.2) is 0 Å². The first-order valence-corrected chi connectivity index (χ1v) is 10.3. The number of rotatable bonds is 4. The van der Waals surface area contributed by atoms with Crippen LogP contribution in [-0.4, -0.2) is 18.3 Å². The Morgan fingerprint density at radius 1 is 1.22 bits per heavy atom. The van der Waals surface area contributed by atoms with Gasteiger partial charge in [-0.15, -0.1) is 0 Å². The molecule has 1 heterocycles. The van der Waals surface area contributed by atoms with Crippen LogP contribution in [0.25, 0.3) is 0 Å². The topological polar surface area (TPSA) is 15.6 Å². The van der Waals surface area contributed by atoms with Crippen LogP contribution >= 0.6 is 11.6 Å². The molecule has 0 amide bonds. The minimum Gasteiger partial charge on any atom is -0.366 e. The van der Waals surface area contributed by atoms with Crippen LogP contribution in [0.2, 0.25) is 5.02 Å². The number of fused-ring (bicyclic) bond motifs is 1. The normalized spacial score (nSPS) is 18.8. The van der Waals surface area contributed by atoms with E-state index in [9.17, 15) is 0 Å². The number of hydrogen-bond acceptors (Lipinski definition) is 2. The zero-order valence-electron chi connectivity index (χ0n) is 17.4. The van der Waals surface area contributed by atoms with E-state index in [0.717, 1.165) is 35.7 Å². The maximum Gasteiger partial charge on any atom is 0.0661 e. The molecule has 0 saturated carbocycles. The summed E-state index contributed by atoms with van der Waals surface area (Å²) in [7, 11) is 0. The van der Waals surface area contributed by atoms with Crippen LogP contribution in [-0.2, 0) is 0 Å². The van der Waals surface area contributed by atoms with Gasteiger partial charge in [-0.2, -0.15) is 0 Å². The van der Waals surface area contributed by atoms with Gasteiger partial charge in [0, 0.05) is 29.5 Å². The summed E-state index contributed by atoms with van der Waals surface area (Å²) in [5.74, 6) is 0.508. The van der Waals surface area contributed by atoms with Gasteiger partial charge in [0.2, 0.25) is 0 Å². The Labute approximate surface area is 169 Å². The summed E-state index contributed by atoms with van der Waals surface area (Å²) < 4.78 is 0. The van der Waals surface area contributed by atoms with Gasteiger partial charge in [-0.3, -0.25) is 4.99 Å². The average Bonchev–Trinajstić information content (AvgIpc) is 2.59. The zero-order chi connectivity index (χ0) is 19.8. The smallest absolute Gasteiger partial charge is 0.0661 e. The van der Waals surface area contributed by atoms with E-state index in [-0.39, 0.29) is 5.54 Å². The lowest BCUT2D eigenvalue weighted by atomic mass is 9.79. The summed E-state index contributed by atoms with van der Waals surface area (Å²) >= 11 is 6.69. The molecule has 0 aliphatic carbocycles. The lowest BCUT2D eigenvalue weighted by Gasteiger charge is -2.47. The zero-order valence-corrected chi connectivity index (χ0v) is 18.2. The molecule has 2 nitrogen and oxygen atoms in total. The number of aliphatic imine (C=N–C) groups is 1. The summed E-state index contributed by atoms with van der Waals surface area (Å²) in [6.07, 6.45) is 4.20. The maximum atomic E-state index is 6.69. The molecule has 1 atom stereocenters. The van der Waals surface area contributed by atoms with Gasteiger partial charge in [-0.1, -0.05) is 37.6 Å². The Morgan fingerprint density at radius 2 is 1.96 bits per heavy atom. The van der Waals surface area contributed by atoms with Crippen molar-refractivity contribution in [1.82, 2.24) is 0 Å². The highest BCUT2D eigenvalue weighted by Crippen LogP contribution is 2.45. The molecule has 0 fully saturated rings. The predicted octanol–water partition coefficient (Wildman–Crippen LogP) is 7.21. The third-order valence-electron chi connectivity index (χ3n) is 5.66. The highest BCUT2D eigenvalue weighted by molar-refractivity contribution is 6.33. The standard InChI is InChI=1S/C24H31ClN2/c1-7-10-27-23-13-21(25)19(12-20(23)18(4)14-24(27,5)6)15-26-22-11-16(2)8-9-17(22)3/h8-9,11-13,15,18H,7,10,14H2,1-6H3. The van der Waals surface area contributed by atoms with Crippen molar-refractivity contribution in [2.24, 2.45) is 4.99 Å². The van der Waals surface area contributed by atoms with Gasteiger partial charge in [0.05, 0.1) is 10.7 Å². The van der Waals surface area contributed by atoms with Gasteiger partial charge in [0.1, 0.15) is 0 Å². The second-order valence-electron chi connectivity index (χ2n) is 8.55. The van der Waals surface area contributed by atoms with Gasteiger partial charge in [-0.05, 0) is 81.3 Å². The number of nitrogens with zero attached hydrogens (tertiary/aromatic N) is 2. The van der Waals surface area contributed by atoms with E-state index in [2.05, 4.69) is 76.8 Å². The third kappa shape index (κ3) is 4.06. The molecule has 27 heavy (non-hydrogen) atoms. The number of hydrogen-bond donors (Lipinski definition) is 0. The molecule has 3 heteroatoms. The van der Waals surface area contributed by atoms with Gasteiger partial charge in [0.25, 0.3) is 0 Å². The first-order valence-electron chi connectivity index (χ1n) is 9.95. The van der Waals surface area contributed by atoms with Crippen molar-refractivity contribution in [1.29, 1.82) is 0 Å². The Kier molecular flexibility index (Phi) is 5.67. The molecule has 2 aromatic rings. The summed E-state index contributed by atoms with van der Waals surface area (Å²) in [6.45, 7) is 14.5. The average molecular weight is 383 g/mol. The molecule has 0 bridgehead atoms. The minimum absolute atomic E-state index is 0.153. The van der Waals surface area contributed by atoms with Crippen LogP contribution in [0.3, 0.4) is 0 Å². The summed E-state index contributed by atoms with van der Waals surface area (Å²) in [4.78, 5) is 7.26. The van der Waals surface area contributed by atoms with Crippen molar-refractivity contribution in [2.75, 3.05) is 11.4 Å². The Hall–Kier alpha value is -1.80.